The van der Waals surface area contributed by atoms with Gasteiger partial charge >= 0.3 is 6.18 Å². The van der Waals surface area contributed by atoms with E-state index in [1.54, 1.807) is 19.1 Å². The van der Waals surface area contributed by atoms with Crippen LogP contribution in [0.3, 0.4) is 0 Å². The number of fused-ring (bicyclic) bond motifs is 1. The molecule has 0 unspecified atom stereocenters. The quantitative estimate of drug-likeness (QED) is 0.614. The predicted octanol–water partition coefficient (Wildman–Crippen LogP) is 3.92. The van der Waals surface area contributed by atoms with Crippen LogP contribution in [0.5, 0.6) is 0 Å². The number of anilines is 1. The number of nitrogens with zero attached hydrogens (tertiary/aromatic N) is 1. The van der Waals surface area contributed by atoms with E-state index in [4.69, 9.17) is 5.84 Å². The molecule has 0 fully saturated rings. The summed E-state index contributed by atoms with van der Waals surface area (Å²) in [5, 5.41) is 0.555. The lowest BCUT2D eigenvalue weighted by Crippen LogP contribution is -2.16. The van der Waals surface area contributed by atoms with E-state index in [-0.39, 0.29) is 16.8 Å². The van der Waals surface area contributed by atoms with Gasteiger partial charge in [0, 0.05) is 15.4 Å². The van der Waals surface area contributed by atoms with Crippen LogP contribution in [0.4, 0.5) is 18.9 Å². The van der Waals surface area contributed by atoms with Crippen LogP contribution in [0.15, 0.2) is 16.6 Å². The van der Waals surface area contributed by atoms with E-state index in [0.29, 0.717) is 10.9 Å². The Morgan fingerprint density at radius 3 is 2.42 bits per heavy atom. The Labute approximate surface area is 116 Å². The zero-order valence-electron chi connectivity index (χ0n) is 10.2. The first kappa shape index (κ1) is 14.1. The van der Waals surface area contributed by atoms with E-state index in [1.165, 1.54) is 6.92 Å². The first-order valence-electron chi connectivity index (χ1n) is 5.40. The van der Waals surface area contributed by atoms with Crippen LogP contribution in [0, 0.1) is 13.8 Å². The Kier molecular flexibility index (Phi) is 3.44. The summed E-state index contributed by atoms with van der Waals surface area (Å²) in [5.74, 6) is 5.37. The second-order valence-electron chi connectivity index (χ2n) is 4.22. The number of hydrogen-bond donors (Lipinski definition) is 2. The third kappa shape index (κ3) is 2.40. The maximum absolute atomic E-state index is 13.0. The van der Waals surface area contributed by atoms with Gasteiger partial charge in [-0.05, 0) is 31.5 Å². The fourth-order valence-electron chi connectivity index (χ4n) is 2.05. The van der Waals surface area contributed by atoms with Gasteiger partial charge in [0.25, 0.3) is 0 Å². The fraction of sp³-hybridized carbons (Fsp3) is 0.250. The van der Waals surface area contributed by atoms with Crippen LogP contribution in [0.1, 0.15) is 16.8 Å². The molecule has 19 heavy (non-hydrogen) atoms. The monoisotopic (exact) mass is 333 g/mol. The fourth-order valence-corrected chi connectivity index (χ4v) is 2.62. The summed E-state index contributed by atoms with van der Waals surface area (Å²) in [5.41, 5.74) is 2.58. The third-order valence-corrected chi connectivity index (χ3v) is 3.36. The van der Waals surface area contributed by atoms with Crippen molar-refractivity contribution in [2.45, 2.75) is 20.0 Å². The highest BCUT2D eigenvalue weighted by Gasteiger charge is 2.36. The minimum atomic E-state index is -4.51. The number of alkyl halides is 3. The number of halogens is 4. The topological polar surface area (TPSA) is 50.9 Å². The molecule has 0 atom stereocenters. The molecule has 3 N–H and O–H groups in total. The molecule has 0 saturated carbocycles. The average Bonchev–Trinajstić information content (AvgIpc) is 2.26. The summed E-state index contributed by atoms with van der Waals surface area (Å²) in [4.78, 5) is 3.75. The van der Waals surface area contributed by atoms with Crippen LogP contribution in [0.2, 0.25) is 0 Å². The van der Waals surface area contributed by atoms with Crippen molar-refractivity contribution in [1.29, 1.82) is 0 Å². The van der Waals surface area contributed by atoms with Gasteiger partial charge in [0.05, 0.1) is 11.2 Å². The maximum atomic E-state index is 13.0. The Hall–Kier alpha value is -1.34. The first-order chi connectivity index (χ1) is 8.75. The van der Waals surface area contributed by atoms with Crippen LogP contribution in [-0.4, -0.2) is 4.98 Å². The summed E-state index contributed by atoms with van der Waals surface area (Å²) in [7, 11) is 0. The highest BCUT2D eigenvalue weighted by atomic mass is 79.9. The van der Waals surface area contributed by atoms with Crippen LogP contribution in [0.25, 0.3) is 10.9 Å². The minimum absolute atomic E-state index is 0.0139. The van der Waals surface area contributed by atoms with Crippen LogP contribution in [-0.2, 0) is 6.18 Å². The first-order valence-corrected chi connectivity index (χ1v) is 6.19. The van der Waals surface area contributed by atoms with Gasteiger partial charge in [-0.3, -0.25) is 5.84 Å². The number of nitrogen functional groups attached to an aromatic ring is 1. The van der Waals surface area contributed by atoms with Crippen molar-refractivity contribution in [3.8, 4) is 0 Å². The van der Waals surface area contributed by atoms with E-state index >= 15 is 0 Å². The Bertz CT molecular complexity index is 653. The van der Waals surface area contributed by atoms with Gasteiger partial charge in [0.2, 0.25) is 0 Å². The van der Waals surface area contributed by atoms with Crippen molar-refractivity contribution in [3.05, 3.63) is 33.4 Å². The average molecular weight is 334 g/mol. The van der Waals surface area contributed by atoms with Crippen molar-refractivity contribution in [2.24, 2.45) is 5.84 Å². The molecule has 1 aromatic carbocycles. The molecule has 2 rings (SSSR count). The van der Waals surface area contributed by atoms with E-state index in [9.17, 15) is 13.2 Å². The highest BCUT2D eigenvalue weighted by Crippen LogP contribution is 2.38. The molecule has 0 bridgehead atoms. The van der Waals surface area contributed by atoms with Gasteiger partial charge in [-0.15, -0.1) is 0 Å². The second kappa shape index (κ2) is 4.64. The molecule has 0 spiro atoms. The smallest absolute Gasteiger partial charge is 0.323 e. The molecule has 0 aliphatic rings. The molecule has 2 aromatic rings. The van der Waals surface area contributed by atoms with Gasteiger partial charge in [-0.25, -0.2) is 4.98 Å². The largest absolute Gasteiger partial charge is 0.433 e. The van der Waals surface area contributed by atoms with Crippen molar-refractivity contribution < 1.29 is 13.2 Å². The van der Waals surface area contributed by atoms with Crippen molar-refractivity contribution >= 4 is 32.5 Å². The number of rotatable bonds is 1. The van der Waals surface area contributed by atoms with E-state index in [1.807, 2.05) is 0 Å². The molecule has 0 radical (unpaired) electrons. The zero-order valence-corrected chi connectivity index (χ0v) is 11.8. The van der Waals surface area contributed by atoms with Gasteiger partial charge in [-0.2, -0.15) is 13.2 Å². The second-order valence-corrected chi connectivity index (χ2v) is 5.14. The van der Waals surface area contributed by atoms with E-state index in [2.05, 4.69) is 26.3 Å². The Balaban J connectivity index is 2.95. The van der Waals surface area contributed by atoms with Crippen LogP contribution >= 0.6 is 15.9 Å². The summed E-state index contributed by atoms with van der Waals surface area (Å²) in [6.45, 7) is 3.05. The summed E-state index contributed by atoms with van der Waals surface area (Å²) < 4.78 is 39.6. The van der Waals surface area contributed by atoms with Gasteiger partial charge in [0.1, 0.15) is 5.69 Å². The van der Waals surface area contributed by atoms with Crippen molar-refractivity contribution in [2.75, 3.05) is 5.43 Å². The van der Waals surface area contributed by atoms with Crippen molar-refractivity contribution in [1.82, 2.24) is 4.98 Å². The van der Waals surface area contributed by atoms with Crippen LogP contribution < -0.4 is 11.3 Å². The van der Waals surface area contributed by atoms with E-state index < -0.39 is 11.9 Å². The lowest BCUT2D eigenvalue weighted by molar-refractivity contribution is -0.141. The number of nitrogens with one attached hydrogen (secondary N) is 1. The third-order valence-electron chi connectivity index (χ3n) is 2.90. The van der Waals surface area contributed by atoms with E-state index in [0.717, 1.165) is 4.47 Å². The Morgan fingerprint density at radius 1 is 1.26 bits per heavy atom. The highest BCUT2D eigenvalue weighted by molar-refractivity contribution is 9.10. The molecule has 7 heteroatoms. The molecule has 3 nitrogen and oxygen atoms in total. The molecule has 0 saturated heterocycles. The Morgan fingerprint density at radius 2 is 1.89 bits per heavy atom. The van der Waals surface area contributed by atoms with Gasteiger partial charge in [0.15, 0.2) is 0 Å². The molecule has 102 valence electrons. The predicted molar refractivity (Wildman–Crippen MR) is 71.7 cm³/mol. The molecular weight excluding hydrogens is 323 g/mol. The van der Waals surface area contributed by atoms with Gasteiger partial charge < -0.3 is 5.43 Å². The molecule has 0 aliphatic heterocycles. The van der Waals surface area contributed by atoms with Crippen molar-refractivity contribution in [3.63, 3.8) is 0 Å². The molecule has 0 aliphatic carbocycles. The van der Waals surface area contributed by atoms with Gasteiger partial charge in [-0.1, -0.05) is 15.9 Å². The number of pyridine rings is 1. The number of aromatic nitrogens is 1. The molecule has 0 amide bonds. The summed E-state index contributed by atoms with van der Waals surface area (Å²) in [6, 6.07) is 3.41. The number of hydrazine groups is 1. The number of hydrogen-bond acceptors (Lipinski definition) is 3. The zero-order chi connectivity index (χ0) is 14.4. The molecular formula is C12H11BrF3N3. The summed E-state index contributed by atoms with van der Waals surface area (Å²) in [6.07, 6.45) is -4.51. The standard InChI is InChI=1S/C12H11BrF3N3/c1-5-3-7(13)4-8-9(5)18-11(12(14,15)16)6(2)10(8)19-17/h3-4H,17H2,1-2H3,(H,18,19). The maximum Gasteiger partial charge on any atom is 0.433 e. The number of aryl methyl sites for hydroxylation is 1. The summed E-state index contributed by atoms with van der Waals surface area (Å²) >= 11 is 3.31. The number of nitrogens with two attached hydrogens (primary N) is 1. The number of benzene rings is 1. The SMILES string of the molecule is Cc1c(C(F)(F)F)nc2c(C)cc(Br)cc2c1NN. The molecule has 1 heterocycles. The molecule has 1 aromatic heterocycles. The normalized spacial score (nSPS) is 11.9. The lowest BCUT2D eigenvalue weighted by Gasteiger charge is -2.16. The lowest BCUT2D eigenvalue weighted by atomic mass is 10.0. The minimum Gasteiger partial charge on any atom is -0.323 e.